The van der Waals surface area contributed by atoms with E-state index < -0.39 is 12.1 Å². The normalized spacial score (nSPS) is 38.2. The summed E-state index contributed by atoms with van der Waals surface area (Å²) in [5.74, 6) is 0.489. The third-order valence-corrected chi connectivity index (χ3v) is 8.72. The second kappa shape index (κ2) is 8.86. The highest BCUT2D eigenvalue weighted by Gasteiger charge is 2.58. The number of carbonyl (C=O) groups is 3. The van der Waals surface area contributed by atoms with E-state index in [2.05, 4.69) is 19.9 Å². The van der Waals surface area contributed by atoms with Gasteiger partial charge in [0.15, 0.2) is 11.6 Å². The van der Waals surface area contributed by atoms with E-state index in [-0.39, 0.29) is 41.7 Å². The topological polar surface area (TPSA) is 78.9 Å². The van der Waals surface area contributed by atoms with Gasteiger partial charge in [0.25, 0.3) is 0 Å². The third-order valence-electron chi connectivity index (χ3n) is 8.72. The van der Waals surface area contributed by atoms with Gasteiger partial charge in [-0.1, -0.05) is 31.1 Å². The van der Waals surface area contributed by atoms with Crippen molar-refractivity contribution in [2.75, 3.05) is 20.0 Å². The van der Waals surface area contributed by atoms with Crippen molar-refractivity contribution in [2.24, 2.45) is 28.6 Å². The molecule has 32 heavy (non-hydrogen) atoms. The maximum atomic E-state index is 12.9. The van der Waals surface area contributed by atoms with Gasteiger partial charge in [-0.25, -0.2) is 0 Å². The predicted molar refractivity (Wildman–Crippen MR) is 119 cm³/mol. The second-order valence-electron chi connectivity index (χ2n) is 10.4. The lowest BCUT2D eigenvalue weighted by Gasteiger charge is -2.54. The smallest absolute Gasteiger partial charge is 0.303 e. The summed E-state index contributed by atoms with van der Waals surface area (Å²) in [6, 6.07) is 0. The molecule has 0 aromatic carbocycles. The molecule has 0 aliphatic heterocycles. The number of esters is 1. The van der Waals surface area contributed by atoms with Crippen molar-refractivity contribution in [3.05, 3.63) is 23.3 Å². The lowest BCUT2D eigenvalue weighted by Crippen LogP contribution is -2.48. The van der Waals surface area contributed by atoms with Crippen molar-refractivity contribution in [1.82, 2.24) is 0 Å². The highest BCUT2D eigenvalue weighted by molar-refractivity contribution is 5.96. The van der Waals surface area contributed by atoms with Crippen LogP contribution in [0, 0.1) is 28.6 Å². The SMILES string of the molecule is CCOCOC1C[C@@]2(C)C(=CC1=O)CC[C@@H]1C2=CC[C@]2(C)[C@@H](C(=O)COC(C)=O)CC[C@@H]12. The molecule has 0 radical (unpaired) electrons. The molecule has 1 unspecified atom stereocenters. The van der Waals surface area contributed by atoms with E-state index in [4.69, 9.17) is 14.2 Å². The summed E-state index contributed by atoms with van der Waals surface area (Å²) >= 11 is 0. The number of hydrogen-bond donors (Lipinski definition) is 0. The molecule has 4 rings (SSSR count). The van der Waals surface area contributed by atoms with E-state index in [0.717, 1.165) is 32.1 Å². The molecule has 4 aliphatic rings. The minimum Gasteiger partial charge on any atom is -0.458 e. The molecule has 6 atom stereocenters. The van der Waals surface area contributed by atoms with E-state index in [0.29, 0.717) is 24.9 Å². The zero-order valence-corrected chi connectivity index (χ0v) is 19.8. The van der Waals surface area contributed by atoms with E-state index >= 15 is 0 Å². The summed E-state index contributed by atoms with van der Waals surface area (Å²) in [6.07, 6.45) is 9.05. The van der Waals surface area contributed by atoms with Gasteiger partial charge in [-0.15, -0.1) is 0 Å². The predicted octanol–water partition coefficient (Wildman–Crippen LogP) is 4.18. The number of rotatable bonds is 7. The largest absolute Gasteiger partial charge is 0.458 e. The van der Waals surface area contributed by atoms with Crippen molar-refractivity contribution >= 4 is 17.5 Å². The lowest BCUT2D eigenvalue weighted by atomic mass is 9.51. The average Bonchev–Trinajstić information content (AvgIpc) is 3.10. The van der Waals surface area contributed by atoms with Gasteiger partial charge in [0.1, 0.15) is 19.5 Å². The van der Waals surface area contributed by atoms with E-state index in [1.54, 1.807) is 0 Å². The van der Waals surface area contributed by atoms with Gasteiger partial charge in [-0.3, -0.25) is 14.4 Å². The zero-order valence-electron chi connectivity index (χ0n) is 19.8. The van der Waals surface area contributed by atoms with Crippen molar-refractivity contribution < 1.29 is 28.6 Å². The first-order valence-electron chi connectivity index (χ1n) is 12.0. The Kier molecular flexibility index (Phi) is 6.47. The first kappa shape index (κ1) is 23.4. The molecule has 6 nitrogen and oxygen atoms in total. The van der Waals surface area contributed by atoms with Gasteiger partial charge in [-0.2, -0.15) is 0 Å². The number of ether oxygens (including phenoxy) is 3. The van der Waals surface area contributed by atoms with E-state index in [1.165, 1.54) is 18.1 Å². The average molecular weight is 445 g/mol. The summed E-state index contributed by atoms with van der Waals surface area (Å²) in [5, 5.41) is 0. The summed E-state index contributed by atoms with van der Waals surface area (Å²) in [4.78, 5) is 36.7. The van der Waals surface area contributed by atoms with Crippen LogP contribution in [0.4, 0.5) is 0 Å². The number of ketones is 2. The second-order valence-corrected chi connectivity index (χ2v) is 10.4. The van der Waals surface area contributed by atoms with Crippen LogP contribution in [-0.2, 0) is 28.6 Å². The molecule has 4 aliphatic carbocycles. The van der Waals surface area contributed by atoms with E-state index in [9.17, 15) is 14.4 Å². The molecule has 0 aromatic heterocycles. The number of Topliss-reactive ketones (excluding diaryl/α,β-unsaturated/α-hetero) is 1. The van der Waals surface area contributed by atoms with Crippen molar-refractivity contribution in [3.8, 4) is 0 Å². The molecule has 0 bridgehead atoms. The molecular weight excluding hydrogens is 408 g/mol. The van der Waals surface area contributed by atoms with Crippen LogP contribution in [0.15, 0.2) is 23.3 Å². The Morgan fingerprint density at radius 1 is 1.19 bits per heavy atom. The van der Waals surface area contributed by atoms with Crippen molar-refractivity contribution in [1.29, 1.82) is 0 Å². The Morgan fingerprint density at radius 3 is 2.69 bits per heavy atom. The van der Waals surface area contributed by atoms with Gasteiger partial charge >= 0.3 is 5.97 Å². The summed E-state index contributed by atoms with van der Waals surface area (Å²) in [7, 11) is 0. The Morgan fingerprint density at radius 2 is 1.97 bits per heavy atom. The Balaban J connectivity index is 1.57. The van der Waals surface area contributed by atoms with Gasteiger partial charge in [0, 0.05) is 24.9 Å². The number of hydrogen-bond acceptors (Lipinski definition) is 6. The highest BCUT2D eigenvalue weighted by Crippen LogP contribution is 2.64. The maximum Gasteiger partial charge on any atom is 0.303 e. The molecule has 0 aromatic rings. The third kappa shape index (κ3) is 3.90. The molecule has 0 spiro atoms. The summed E-state index contributed by atoms with van der Waals surface area (Å²) in [5.41, 5.74) is 2.39. The first-order valence-corrected chi connectivity index (χ1v) is 12.0. The van der Waals surface area contributed by atoms with Crippen LogP contribution >= 0.6 is 0 Å². The van der Waals surface area contributed by atoms with Crippen molar-refractivity contribution in [3.63, 3.8) is 0 Å². The zero-order chi connectivity index (χ0) is 23.1. The molecule has 0 heterocycles. The maximum absolute atomic E-state index is 12.9. The minimum absolute atomic E-state index is 0.0499. The molecular formula is C26H36O6. The van der Waals surface area contributed by atoms with Crippen molar-refractivity contribution in [2.45, 2.75) is 72.3 Å². The van der Waals surface area contributed by atoms with Gasteiger partial charge in [-0.05, 0) is 68.8 Å². The number of carbonyl (C=O) groups excluding carboxylic acids is 3. The monoisotopic (exact) mass is 444 g/mol. The molecule has 0 N–H and O–H groups in total. The molecule has 0 amide bonds. The summed E-state index contributed by atoms with van der Waals surface area (Å²) in [6.45, 7) is 8.35. The Bertz CT molecular complexity index is 856. The fraction of sp³-hybridized carbons (Fsp3) is 0.731. The Labute approximate surface area is 190 Å². The molecule has 176 valence electrons. The quantitative estimate of drug-likeness (QED) is 0.254. The van der Waals surface area contributed by atoms with Crippen LogP contribution in [-0.4, -0.2) is 43.6 Å². The highest BCUT2D eigenvalue weighted by atomic mass is 16.7. The first-order chi connectivity index (χ1) is 15.2. The van der Waals surface area contributed by atoms with Crippen LogP contribution in [0.1, 0.15) is 66.2 Å². The van der Waals surface area contributed by atoms with Gasteiger partial charge in [0.2, 0.25) is 0 Å². The lowest BCUT2D eigenvalue weighted by molar-refractivity contribution is -0.148. The Hall–Kier alpha value is -1.79. The molecule has 2 fully saturated rings. The van der Waals surface area contributed by atoms with Crippen LogP contribution in [0.5, 0.6) is 0 Å². The molecule has 0 saturated heterocycles. The van der Waals surface area contributed by atoms with Crippen LogP contribution in [0.3, 0.4) is 0 Å². The van der Waals surface area contributed by atoms with E-state index in [1.807, 2.05) is 13.0 Å². The summed E-state index contributed by atoms with van der Waals surface area (Å²) < 4.78 is 16.2. The standard InChI is InChI=1S/C26H36O6/c1-5-30-15-32-24-13-26(4)17(12-22(24)28)6-7-18-19-8-9-21(23(29)14-31-16(2)27)25(19,3)11-10-20(18)26/h10,12,18-19,21,24H,5-9,11,13-15H2,1-4H3/t18-,19-,21+,24?,25-,26-/m0/s1. The number of fused-ring (bicyclic) bond motifs is 5. The van der Waals surface area contributed by atoms with Gasteiger partial charge < -0.3 is 14.2 Å². The fourth-order valence-electron chi connectivity index (χ4n) is 7.05. The fourth-order valence-corrected chi connectivity index (χ4v) is 7.05. The minimum atomic E-state index is -0.468. The number of allylic oxidation sites excluding steroid dienone is 3. The van der Waals surface area contributed by atoms with Crippen LogP contribution in [0.2, 0.25) is 0 Å². The van der Waals surface area contributed by atoms with Gasteiger partial charge in [0.05, 0.1) is 0 Å². The molecule has 6 heteroatoms. The van der Waals surface area contributed by atoms with Crippen LogP contribution < -0.4 is 0 Å². The molecule has 2 saturated carbocycles. The van der Waals surface area contributed by atoms with Crippen LogP contribution in [0.25, 0.3) is 0 Å².